The highest BCUT2D eigenvalue weighted by Gasteiger charge is 2.32. The highest BCUT2D eigenvalue weighted by molar-refractivity contribution is 4.79. The molecule has 5 nitrogen and oxygen atoms in total. The summed E-state index contributed by atoms with van der Waals surface area (Å²) in [6.45, 7) is 5.65. The Kier molecular flexibility index (Phi) is 8.56. The van der Waals surface area contributed by atoms with Gasteiger partial charge in [0.05, 0.1) is 52.4 Å². The van der Waals surface area contributed by atoms with E-state index in [-0.39, 0.29) is 12.7 Å². The van der Waals surface area contributed by atoms with Gasteiger partial charge in [-0.1, -0.05) is 13.3 Å². The topological polar surface area (TPSA) is 60.5 Å². The lowest BCUT2D eigenvalue weighted by Gasteiger charge is -2.14. The maximum Gasteiger partial charge on any atom is 0.107 e. The Hall–Kier alpha value is -0.200. The van der Waals surface area contributed by atoms with Crippen LogP contribution in [0.25, 0.3) is 0 Å². The molecule has 2 unspecified atom stereocenters. The first-order valence-electron chi connectivity index (χ1n) is 6.38. The van der Waals surface area contributed by atoms with Crippen LogP contribution in [-0.4, -0.2) is 63.6 Å². The maximum atomic E-state index is 8.48. The molecule has 5 heteroatoms. The largest absolute Gasteiger partial charge is 0.394 e. The Morgan fingerprint density at radius 2 is 1.82 bits per heavy atom. The molecule has 0 saturated carbocycles. The Morgan fingerprint density at radius 3 is 2.41 bits per heavy atom. The number of aliphatic hydroxyl groups excluding tert-OH is 1. The van der Waals surface area contributed by atoms with E-state index in [9.17, 15) is 0 Å². The molecule has 2 atom stereocenters. The molecule has 1 fully saturated rings. The predicted octanol–water partition coefficient (Wildman–Crippen LogP) is 0.596. The Morgan fingerprint density at radius 1 is 1.18 bits per heavy atom. The molecule has 1 aliphatic rings. The lowest BCUT2D eigenvalue weighted by Crippen LogP contribution is -2.22. The summed E-state index contributed by atoms with van der Waals surface area (Å²) in [5.41, 5.74) is 0. The smallest absolute Gasteiger partial charge is 0.107 e. The van der Waals surface area contributed by atoms with Crippen LogP contribution in [-0.2, 0) is 18.9 Å². The highest BCUT2D eigenvalue weighted by atomic mass is 16.6. The maximum absolute atomic E-state index is 8.48. The molecule has 1 N–H and O–H groups in total. The van der Waals surface area contributed by atoms with E-state index in [4.69, 9.17) is 24.1 Å². The molecule has 1 rings (SSSR count). The van der Waals surface area contributed by atoms with Crippen LogP contribution in [0.4, 0.5) is 0 Å². The summed E-state index contributed by atoms with van der Waals surface area (Å²) in [5, 5.41) is 8.48. The number of hydrogen-bond donors (Lipinski definition) is 1. The fourth-order valence-corrected chi connectivity index (χ4v) is 1.58. The van der Waals surface area contributed by atoms with Crippen molar-refractivity contribution in [1.82, 2.24) is 0 Å². The molecule has 0 aliphatic carbocycles. The summed E-state index contributed by atoms with van der Waals surface area (Å²) in [6.07, 6.45) is 2.70. The van der Waals surface area contributed by atoms with Gasteiger partial charge in [-0.15, -0.1) is 0 Å². The minimum Gasteiger partial charge on any atom is -0.394 e. The van der Waals surface area contributed by atoms with Crippen LogP contribution in [0.2, 0.25) is 0 Å². The summed E-state index contributed by atoms with van der Waals surface area (Å²) < 4.78 is 21.3. The minimum atomic E-state index is 0.0587. The fourth-order valence-electron chi connectivity index (χ4n) is 1.58. The third-order valence-corrected chi connectivity index (χ3v) is 2.51. The number of epoxide rings is 1. The van der Waals surface area contributed by atoms with Crippen molar-refractivity contribution in [2.45, 2.75) is 32.0 Å². The van der Waals surface area contributed by atoms with Gasteiger partial charge in [-0.2, -0.15) is 0 Å². The molecule has 0 radical (unpaired) electrons. The standard InChI is InChI=1S/C12H24O5/c1-2-3-11(12-10-17-12)16-9-8-15-7-6-14-5-4-13/h11-13H,2-10H2,1H3. The van der Waals surface area contributed by atoms with Crippen LogP contribution in [0.1, 0.15) is 19.8 Å². The average Bonchev–Trinajstić information content (AvgIpc) is 3.15. The van der Waals surface area contributed by atoms with E-state index in [0.29, 0.717) is 39.1 Å². The minimum absolute atomic E-state index is 0.0587. The Balaban J connectivity index is 1.85. The van der Waals surface area contributed by atoms with Gasteiger partial charge in [0, 0.05) is 0 Å². The third-order valence-electron chi connectivity index (χ3n) is 2.51. The van der Waals surface area contributed by atoms with Gasteiger partial charge in [-0.05, 0) is 6.42 Å². The summed E-state index contributed by atoms with van der Waals surface area (Å²) in [4.78, 5) is 0. The SMILES string of the molecule is CCCC(OCCOCCOCCO)C1CO1. The summed E-state index contributed by atoms with van der Waals surface area (Å²) in [5.74, 6) is 0. The van der Waals surface area contributed by atoms with Gasteiger partial charge in [-0.25, -0.2) is 0 Å². The van der Waals surface area contributed by atoms with Crippen molar-refractivity contribution in [3.8, 4) is 0 Å². The monoisotopic (exact) mass is 248 g/mol. The Labute approximate surface area is 103 Å². The molecule has 1 aliphatic heterocycles. The van der Waals surface area contributed by atoms with E-state index in [1.807, 2.05) is 0 Å². The second-order valence-electron chi connectivity index (χ2n) is 4.02. The van der Waals surface area contributed by atoms with Crippen LogP contribution < -0.4 is 0 Å². The van der Waals surface area contributed by atoms with Crippen molar-refractivity contribution in [3.63, 3.8) is 0 Å². The first-order chi connectivity index (χ1) is 8.38. The molecule has 0 aromatic carbocycles. The van der Waals surface area contributed by atoms with E-state index < -0.39 is 0 Å². The molecule has 102 valence electrons. The van der Waals surface area contributed by atoms with Crippen LogP contribution in [0.15, 0.2) is 0 Å². The fraction of sp³-hybridized carbons (Fsp3) is 1.00. The lowest BCUT2D eigenvalue weighted by molar-refractivity contribution is -0.0242. The molecule has 0 aromatic rings. The van der Waals surface area contributed by atoms with E-state index in [0.717, 1.165) is 19.4 Å². The van der Waals surface area contributed by atoms with Crippen molar-refractivity contribution in [2.75, 3.05) is 46.2 Å². The van der Waals surface area contributed by atoms with E-state index in [2.05, 4.69) is 6.92 Å². The first kappa shape index (κ1) is 14.9. The zero-order valence-electron chi connectivity index (χ0n) is 10.6. The van der Waals surface area contributed by atoms with E-state index in [1.54, 1.807) is 0 Å². The molecule has 1 saturated heterocycles. The van der Waals surface area contributed by atoms with E-state index >= 15 is 0 Å². The quantitative estimate of drug-likeness (QED) is 0.405. The predicted molar refractivity (Wildman–Crippen MR) is 63.1 cm³/mol. The average molecular weight is 248 g/mol. The van der Waals surface area contributed by atoms with Crippen molar-refractivity contribution in [1.29, 1.82) is 0 Å². The van der Waals surface area contributed by atoms with Crippen molar-refractivity contribution < 1.29 is 24.1 Å². The number of hydrogen-bond acceptors (Lipinski definition) is 5. The molecule has 17 heavy (non-hydrogen) atoms. The van der Waals surface area contributed by atoms with Crippen LogP contribution in [0.3, 0.4) is 0 Å². The van der Waals surface area contributed by atoms with Crippen LogP contribution in [0, 0.1) is 0 Å². The van der Waals surface area contributed by atoms with Crippen molar-refractivity contribution in [2.24, 2.45) is 0 Å². The van der Waals surface area contributed by atoms with Gasteiger partial charge in [0.2, 0.25) is 0 Å². The highest BCUT2D eigenvalue weighted by Crippen LogP contribution is 2.20. The first-order valence-corrected chi connectivity index (χ1v) is 6.38. The van der Waals surface area contributed by atoms with Crippen molar-refractivity contribution >= 4 is 0 Å². The van der Waals surface area contributed by atoms with Crippen molar-refractivity contribution in [3.05, 3.63) is 0 Å². The lowest BCUT2D eigenvalue weighted by atomic mass is 10.1. The van der Waals surface area contributed by atoms with Gasteiger partial charge < -0.3 is 24.1 Å². The number of ether oxygens (including phenoxy) is 4. The molecule has 0 aromatic heterocycles. The number of aliphatic hydroxyl groups is 1. The molecule has 1 heterocycles. The summed E-state index contributed by atoms with van der Waals surface area (Å²) in [6, 6.07) is 0. The van der Waals surface area contributed by atoms with Crippen LogP contribution in [0.5, 0.6) is 0 Å². The molecule has 0 amide bonds. The second-order valence-corrected chi connectivity index (χ2v) is 4.02. The number of rotatable bonds is 12. The van der Waals surface area contributed by atoms with E-state index in [1.165, 1.54) is 0 Å². The van der Waals surface area contributed by atoms with Crippen LogP contribution >= 0.6 is 0 Å². The zero-order valence-corrected chi connectivity index (χ0v) is 10.6. The van der Waals surface area contributed by atoms with Gasteiger partial charge in [0.15, 0.2) is 0 Å². The normalized spacial score (nSPS) is 20.5. The molecular weight excluding hydrogens is 224 g/mol. The third kappa shape index (κ3) is 7.68. The zero-order chi connectivity index (χ0) is 12.3. The van der Waals surface area contributed by atoms with Gasteiger partial charge in [0.1, 0.15) is 6.10 Å². The van der Waals surface area contributed by atoms with Gasteiger partial charge >= 0.3 is 0 Å². The second kappa shape index (κ2) is 9.79. The molecular formula is C12H24O5. The summed E-state index contributed by atoms with van der Waals surface area (Å²) in [7, 11) is 0. The molecule has 0 bridgehead atoms. The molecule has 0 spiro atoms. The van der Waals surface area contributed by atoms with Gasteiger partial charge in [0.25, 0.3) is 0 Å². The summed E-state index contributed by atoms with van der Waals surface area (Å²) >= 11 is 0. The Bertz CT molecular complexity index is 172. The van der Waals surface area contributed by atoms with Gasteiger partial charge in [-0.3, -0.25) is 0 Å².